The first-order valence-corrected chi connectivity index (χ1v) is 8.01. The Labute approximate surface area is 140 Å². The molecule has 2 heterocycles. The topological polar surface area (TPSA) is 55.2 Å². The molecule has 2 aromatic heterocycles. The van der Waals surface area contributed by atoms with E-state index in [-0.39, 0.29) is 6.61 Å². The zero-order valence-corrected chi connectivity index (χ0v) is 13.7. The number of thiophene rings is 1. The predicted octanol–water partition coefficient (Wildman–Crippen LogP) is 4.12. The molecular weight excluding hydrogens is 340 g/mol. The Kier molecular flexibility index (Phi) is 4.67. The van der Waals surface area contributed by atoms with Gasteiger partial charge in [-0.25, -0.2) is 5.10 Å². The number of rotatable bonds is 5. The van der Waals surface area contributed by atoms with E-state index in [0.717, 1.165) is 4.88 Å². The summed E-state index contributed by atoms with van der Waals surface area (Å²) >= 11 is 12.6. The second-order valence-electron chi connectivity index (χ2n) is 4.26. The average Bonchev–Trinajstić information content (AvgIpc) is 3.15. The highest BCUT2D eigenvalue weighted by Crippen LogP contribution is 2.16. The van der Waals surface area contributed by atoms with Crippen LogP contribution in [0.4, 0.5) is 0 Å². The number of aromatic nitrogens is 3. The van der Waals surface area contributed by atoms with E-state index in [1.165, 1.54) is 0 Å². The summed E-state index contributed by atoms with van der Waals surface area (Å²) in [5.41, 5.74) is 0. The van der Waals surface area contributed by atoms with Crippen LogP contribution in [0.5, 0.6) is 5.75 Å². The van der Waals surface area contributed by atoms with Gasteiger partial charge in [0.05, 0.1) is 6.21 Å². The molecule has 0 fully saturated rings. The molecule has 3 aromatic rings. The quantitative estimate of drug-likeness (QED) is 0.556. The average molecular weight is 351 g/mol. The zero-order valence-electron chi connectivity index (χ0n) is 11.3. The maximum absolute atomic E-state index is 5.84. The molecule has 0 aliphatic heterocycles. The number of H-pyrrole nitrogens is 1. The van der Waals surface area contributed by atoms with Crippen LogP contribution in [0.3, 0.4) is 0 Å². The van der Waals surface area contributed by atoms with E-state index in [9.17, 15) is 0 Å². The molecule has 8 heteroatoms. The number of benzene rings is 1. The number of hydrogen-bond acceptors (Lipinski definition) is 5. The lowest BCUT2D eigenvalue weighted by molar-refractivity contribution is 0.290. The van der Waals surface area contributed by atoms with Crippen molar-refractivity contribution in [3.05, 3.63) is 62.3 Å². The summed E-state index contributed by atoms with van der Waals surface area (Å²) in [6.07, 6.45) is 1.74. The molecule has 0 unspecified atom stereocenters. The van der Waals surface area contributed by atoms with Gasteiger partial charge in [-0.15, -0.1) is 11.3 Å². The van der Waals surface area contributed by atoms with Crippen molar-refractivity contribution in [1.82, 2.24) is 14.9 Å². The van der Waals surface area contributed by atoms with Crippen molar-refractivity contribution in [2.75, 3.05) is 0 Å². The molecule has 0 aliphatic carbocycles. The van der Waals surface area contributed by atoms with Crippen LogP contribution in [0.1, 0.15) is 10.7 Å². The van der Waals surface area contributed by atoms with Crippen molar-refractivity contribution >= 4 is 41.4 Å². The molecule has 3 rings (SSSR count). The highest BCUT2D eigenvalue weighted by molar-refractivity contribution is 7.71. The van der Waals surface area contributed by atoms with Gasteiger partial charge in [-0.05, 0) is 47.9 Å². The molecule has 112 valence electrons. The minimum Gasteiger partial charge on any atom is -0.486 e. The van der Waals surface area contributed by atoms with Crippen molar-refractivity contribution in [3.63, 3.8) is 0 Å². The number of aromatic amines is 1. The first kappa shape index (κ1) is 15.0. The Morgan fingerprint density at radius 3 is 2.91 bits per heavy atom. The van der Waals surface area contributed by atoms with Gasteiger partial charge in [0.1, 0.15) is 12.4 Å². The van der Waals surface area contributed by atoms with Crippen molar-refractivity contribution in [1.29, 1.82) is 0 Å². The van der Waals surface area contributed by atoms with Crippen molar-refractivity contribution < 1.29 is 4.74 Å². The molecule has 0 amide bonds. The van der Waals surface area contributed by atoms with Gasteiger partial charge < -0.3 is 4.74 Å². The molecular formula is C14H11ClN4OS2. The Morgan fingerprint density at radius 2 is 2.18 bits per heavy atom. The van der Waals surface area contributed by atoms with Crippen molar-refractivity contribution in [3.8, 4) is 5.75 Å². The highest BCUT2D eigenvalue weighted by atomic mass is 35.5. The predicted molar refractivity (Wildman–Crippen MR) is 90.5 cm³/mol. The molecule has 0 radical (unpaired) electrons. The number of ether oxygens (including phenoxy) is 1. The van der Waals surface area contributed by atoms with E-state index < -0.39 is 0 Å². The lowest BCUT2D eigenvalue weighted by atomic mass is 10.3. The largest absolute Gasteiger partial charge is 0.486 e. The standard InChI is InChI=1S/C14H11ClN4OS2/c15-10-3-5-11(6-4-10)20-9-13-17-18-14(21)19(13)16-8-12-2-1-7-22-12/h1-8H,9H2,(H,18,21)/b16-8-. The molecule has 0 spiro atoms. The second kappa shape index (κ2) is 6.87. The number of nitrogens with zero attached hydrogens (tertiary/aromatic N) is 3. The molecule has 0 saturated carbocycles. The van der Waals surface area contributed by atoms with Crippen LogP contribution in [0.25, 0.3) is 0 Å². The first-order valence-electron chi connectivity index (χ1n) is 6.35. The summed E-state index contributed by atoms with van der Waals surface area (Å²) in [7, 11) is 0. The van der Waals surface area contributed by atoms with E-state index >= 15 is 0 Å². The molecule has 0 aliphatic rings. The Morgan fingerprint density at radius 1 is 1.36 bits per heavy atom. The third-order valence-electron chi connectivity index (χ3n) is 2.74. The molecule has 5 nitrogen and oxygen atoms in total. The lowest BCUT2D eigenvalue weighted by Gasteiger charge is -2.05. The van der Waals surface area contributed by atoms with Gasteiger partial charge in [0.25, 0.3) is 0 Å². The lowest BCUT2D eigenvalue weighted by Crippen LogP contribution is -2.04. The van der Waals surface area contributed by atoms with Gasteiger partial charge in [0.15, 0.2) is 5.82 Å². The van der Waals surface area contributed by atoms with Gasteiger partial charge in [0.2, 0.25) is 4.77 Å². The Hall–Kier alpha value is -1.96. The van der Waals surface area contributed by atoms with Crippen LogP contribution in [0, 0.1) is 4.77 Å². The van der Waals surface area contributed by atoms with E-state index in [0.29, 0.717) is 21.4 Å². The molecule has 0 saturated heterocycles. The van der Waals surface area contributed by atoms with Crippen LogP contribution in [-0.4, -0.2) is 21.1 Å². The zero-order chi connectivity index (χ0) is 15.4. The summed E-state index contributed by atoms with van der Waals surface area (Å²) in [6, 6.07) is 11.1. The number of nitrogens with one attached hydrogen (secondary N) is 1. The van der Waals surface area contributed by atoms with E-state index in [1.54, 1.807) is 46.5 Å². The summed E-state index contributed by atoms with van der Waals surface area (Å²) in [4.78, 5) is 1.03. The summed E-state index contributed by atoms with van der Waals surface area (Å²) < 4.78 is 7.62. The third kappa shape index (κ3) is 3.62. The van der Waals surface area contributed by atoms with Gasteiger partial charge in [-0.3, -0.25) is 0 Å². The summed E-state index contributed by atoms with van der Waals surface area (Å²) in [6.45, 7) is 0.247. The normalized spacial score (nSPS) is 11.1. The van der Waals surface area contributed by atoms with Crippen LogP contribution >= 0.6 is 35.2 Å². The maximum atomic E-state index is 5.84. The SMILES string of the molecule is S=c1[nH]nc(COc2ccc(Cl)cc2)n1/N=C\c1cccs1. The van der Waals surface area contributed by atoms with Crippen molar-refractivity contribution in [2.24, 2.45) is 5.10 Å². The summed E-state index contributed by atoms with van der Waals surface area (Å²) in [5, 5.41) is 13.8. The van der Waals surface area contributed by atoms with Gasteiger partial charge in [-0.2, -0.15) is 14.9 Å². The minimum atomic E-state index is 0.247. The molecule has 0 atom stereocenters. The van der Waals surface area contributed by atoms with Gasteiger partial charge in [0, 0.05) is 9.90 Å². The third-order valence-corrected chi connectivity index (χ3v) is 4.07. The van der Waals surface area contributed by atoms with Gasteiger partial charge >= 0.3 is 0 Å². The van der Waals surface area contributed by atoms with Crippen LogP contribution in [-0.2, 0) is 6.61 Å². The van der Waals surface area contributed by atoms with Crippen LogP contribution in [0.2, 0.25) is 5.02 Å². The fraction of sp³-hybridized carbons (Fsp3) is 0.0714. The van der Waals surface area contributed by atoms with Crippen LogP contribution < -0.4 is 4.74 Å². The highest BCUT2D eigenvalue weighted by Gasteiger charge is 2.06. The van der Waals surface area contributed by atoms with E-state index in [1.807, 2.05) is 17.5 Å². The number of halogens is 1. The molecule has 1 N–H and O–H groups in total. The maximum Gasteiger partial charge on any atom is 0.216 e. The molecule has 0 bridgehead atoms. The smallest absolute Gasteiger partial charge is 0.216 e. The minimum absolute atomic E-state index is 0.247. The first-order chi connectivity index (χ1) is 10.7. The van der Waals surface area contributed by atoms with E-state index in [2.05, 4.69) is 15.3 Å². The fourth-order valence-electron chi connectivity index (χ4n) is 1.69. The Bertz CT molecular complexity index is 821. The monoisotopic (exact) mass is 350 g/mol. The fourth-order valence-corrected chi connectivity index (χ4v) is 2.60. The molecule has 22 heavy (non-hydrogen) atoms. The van der Waals surface area contributed by atoms with Gasteiger partial charge in [-0.1, -0.05) is 17.7 Å². The van der Waals surface area contributed by atoms with Crippen molar-refractivity contribution in [2.45, 2.75) is 6.61 Å². The van der Waals surface area contributed by atoms with Crippen LogP contribution in [0.15, 0.2) is 46.9 Å². The molecule has 1 aromatic carbocycles. The summed E-state index contributed by atoms with van der Waals surface area (Å²) in [5.74, 6) is 1.29. The number of hydrogen-bond donors (Lipinski definition) is 1. The second-order valence-corrected chi connectivity index (χ2v) is 6.06. The van der Waals surface area contributed by atoms with E-state index in [4.69, 9.17) is 28.6 Å². The Balaban J connectivity index is 1.74.